The fourth-order valence-corrected chi connectivity index (χ4v) is 2.70. The van der Waals surface area contributed by atoms with Crippen molar-refractivity contribution in [2.24, 2.45) is 0 Å². The van der Waals surface area contributed by atoms with Crippen LogP contribution in [0.3, 0.4) is 0 Å². The Labute approximate surface area is 157 Å². The van der Waals surface area contributed by atoms with Gasteiger partial charge < -0.3 is 10.6 Å². The normalized spacial score (nSPS) is 10.4. The molecule has 5 nitrogen and oxygen atoms in total. The minimum absolute atomic E-state index is 0.296. The zero-order chi connectivity index (χ0) is 18.5. The summed E-state index contributed by atoms with van der Waals surface area (Å²) in [6, 6.07) is 16.7. The number of benzene rings is 2. The number of hydrogen-bond acceptors (Lipinski definition) is 4. The molecule has 26 heavy (non-hydrogen) atoms. The number of anilines is 2. The van der Waals surface area contributed by atoms with Crippen molar-refractivity contribution in [1.82, 2.24) is 9.97 Å². The fraction of sp³-hybridized carbons (Fsp3) is 0.150. The second-order valence-electron chi connectivity index (χ2n) is 5.96. The van der Waals surface area contributed by atoms with Crippen molar-refractivity contribution >= 4 is 29.1 Å². The monoisotopic (exact) mass is 366 g/mol. The summed E-state index contributed by atoms with van der Waals surface area (Å²) < 4.78 is 0. The SMILES string of the molecule is Cc1cc(C(=O)Nc2cccc(Cl)c2)nc(NCc2ccccc2C)n1. The summed E-state index contributed by atoms with van der Waals surface area (Å²) in [6.07, 6.45) is 0. The smallest absolute Gasteiger partial charge is 0.274 e. The minimum atomic E-state index is -0.309. The molecule has 0 aliphatic heterocycles. The van der Waals surface area contributed by atoms with Gasteiger partial charge in [0.2, 0.25) is 5.95 Å². The molecule has 0 fully saturated rings. The van der Waals surface area contributed by atoms with Crippen LogP contribution in [0, 0.1) is 13.8 Å². The largest absolute Gasteiger partial charge is 0.350 e. The van der Waals surface area contributed by atoms with Crippen molar-refractivity contribution < 1.29 is 4.79 Å². The molecule has 0 radical (unpaired) electrons. The zero-order valence-electron chi connectivity index (χ0n) is 14.6. The predicted octanol–water partition coefficient (Wildman–Crippen LogP) is 4.61. The summed E-state index contributed by atoms with van der Waals surface area (Å²) >= 11 is 5.95. The molecule has 6 heteroatoms. The lowest BCUT2D eigenvalue weighted by Crippen LogP contribution is -2.16. The molecule has 0 atom stereocenters. The van der Waals surface area contributed by atoms with Crippen molar-refractivity contribution in [3.05, 3.63) is 82.1 Å². The Bertz CT molecular complexity index is 943. The van der Waals surface area contributed by atoms with Gasteiger partial charge in [-0.15, -0.1) is 0 Å². The quantitative estimate of drug-likeness (QED) is 0.691. The molecule has 0 aliphatic rings. The number of hydrogen-bond donors (Lipinski definition) is 2. The number of nitrogens with one attached hydrogen (secondary N) is 2. The van der Waals surface area contributed by atoms with Gasteiger partial charge in [0.15, 0.2) is 0 Å². The summed E-state index contributed by atoms with van der Waals surface area (Å²) in [6.45, 7) is 4.47. The Morgan fingerprint density at radius 2 is 1.85 bits per heavy atom. The minimum Gasteiger partial charge on any atom is -0.350 e. The van der Waals surface area contributed by atoms with Gasteiger partial charge in [-0.05, 0) is 49.2 Å². The van der Waals surface area contributed by atoms with E-state index in [2.05, 4.69) is 33.6 Å². The summed E-state index contributed by atoms with van der Waals surface area (Å²) in [5.74, 6) is 0.112. The molecule has 1 heterocycles. The molecule has 0 saturated carbocycles. The van der Waals surface area contributed by atoms with Crippen LogP contribution < -0.4 is 10.6 Å². The first-order chi connectivity index (χ1) is 12.5. The van der Waals surface area contributed by atoms with Crippen LogP contribution in [0.15, 0.2) is 54.6 Å². The zero-order valence-corrected chi connectivity index (χ0v) is 15.3. The molecule has 2 aromatic carbocycles. The van der Waals surface area contributed by atoms with Crippen LogP contribution in [0.4, 0.5) is 11.6 Å². The Balaban J connectivity index is 1.74. The first-order valence-electron chi connectivity index (χ1n) is 8.22. The first-order valence-corrected chi connectivity index (χ1v) is 8.60. The van der Waals surface area contributed by atoms with Crippen molar-refractivity contribution in [2.45, 2.75) is 20.4 Å². The average Bonchev–Trinajstić information content (AvgIpc) is 2.60. The number of rotatable bonds is 5. The van der Waals surface area contributed by atoms with E-state index >= 15 is 0 Å². The van der Waals surface area contributed by atoms with Crippen LogP contribution in [0.25, 0.3) is 0 Å². The number of aryl methyl sites for hydroxylation is 2. The summed E-state index contributed by atoms with van der Waals surface area (Å²) in [7, 11) is 0. The molecule has 3 aromatic rings. The lowest BCUT2D eigenvalue weighted by molar-refractivity contribution is 0.102. The van der Waals surface area contributed by atoms with Gasteiger partial charge in [-0.1, -0.05) is 41.9 Å². The lowest BCUT2D eigenvalue weighted by atomic mass is 10.1. The van der Waals surface area contributed by atoms with Gasteiger partial charge >= 0.3 is 0 Å². The number of carbonyl (C=O) groups is 1. The fourth-order valence-electron chi connectivity index (χ4n) is 2.51. The van der Waals surface area contributed by atoms with Gasteiger partial charge in [0.25, 0.3) is 5.91 Å². The van der Waals surface area contributed by atoms with E-state index in [1.807, 2.05) is 25.1 Å². The second kappa shape index (κ2) is 7.97. The number of nitrogens with zero attached hydrogens (tertiary/aromatic N) is 2. The highest BCUT2D eigenvalue weighted by atomic mass is 35.5. The molecule has 1 aromatic heterocycles. The predicted molar refractivity (Wildman–Crippen MR) is 105 cm³/mol. The molecule has 3 rings (SSSR count). The van der Waals surface area contributed by atoms with Crippen molar-refractivity contribution in [2.75, 3.05) is 10.6 Å². The van der Waals surface area contributed by atoms with Crippen molar-refractivity contribution in [3.8, 4) is 0 Å². The van der Waals surface area contributed by atoms with Crippen molar-refractivity contribution in [3.63, 3.8) is 0 Å². The first kappa shape index (κ1) is 17.9. The Morgan fingerprint density at radius 1 is 1.04 bits per heavy atom. The summed E-state index contributed by atoms with van der Waals surface area (Å²) in [5.41, 5.74) is 3.97. The highest BCUT2D eigenvalue weighted by Gasteiger charge is 2.11. The molecule has 0 spiro atoms. The van der Waals surface area contributed by atoms with Crippen LogP contribution in [-0.2, 0) is 6.54 Å². The van der Waals surface area contributed by atoms with Crippen LogP contribution >= 0.6 is 11.6 Å². The van der Waals surface area contributed by atoms with Gasteiger partial charge in [0.05, 0.1) is 0 Å². The third kappa shape index (κ3) is 4.58. The third-order valence-electron chi connectivity index (χ3n) is 3.87. The van der Waals surface area contributed by atoms with Gasteiger partial charge in [0, 0.05) is 22.9 Å². The van der Waals surface area contributed by atoms with E-state index < -0.39 is 0 Å². The number of halogens is 1. The van der Waals surface area contributed by atoms with Gasteiger partial charge in [-0.2, -0.15) is 0 Å². The Morgan fingerprint density at radius 3 is 2.62 bits per heavy atom. The highest BCUT2D eigenvalue weighted by Crippen LogP contribution is 2.16. The molecule has 2 N–H and O–H groups in total. The van der Waals surface area contributed by atoms with E-state index in [-0.39, 0.29) is 5.91 Å². The van der Waals surface area contributed by atoms with Gasteiger partial charge in [-0.25, -0.2) is 9.97 Å². The standard InChI is InChI=1S/C20H19ClN4O/c1-13-6-3-4-7-15(13)12-22-20-23-14(2)10-18(25-20)19(26)24-17-9-5-8-16(21)11-17/h3-11H,12H2,1-2H3,(H,24,26)(H,22,23,25). The van der Waals surface area contributed by atoms with Crippen LogP contribution in [0.5, 0.6) is 0 Å². The third-order valence-corrected chi connectivity index (χ3v) is 4.10. The molecule has 0 saturated heterocycles. The van der Waals surface area contributed by atoms with Crippen LogP contribution in [0.1, 0.15) is 27.3 Å². The number of aromatic nitrogens is 2. The van der Waals surface area contributed by atoms with E-state index in [0.29, 0.717) is 34.6 Å². The second-order valence-corrected chi connectivity index (χ2v) is 6.40. The van der Waals surface area contributed by atoms with E-state index in [4.69, 9.17) is 11.6 Å². The van der Waals surface area contributed by atoms with Gasteiger partial charge in [-0.3, -0.25) is 4.79 Å². The topological polar surface area (TPSA) is 66.9 Å². The Kier molecular flexibility index (Phi) is 5.49. The van der Waals surface area contributed by atoms with Gasteiger partial charge in [0.1, 0.15) is 5.69 Å². The van der Waals surface area contributed by atoms with E-state index in [1.165, 1.54) is 5.56 Å². The van der Waals surface area contributed by atoms with Crippen LogP contribution in [0.2, 0.25) is 5.02 Å². The lowest BCUT2D eigenvalue weighted by Gasteiger charge is -2.10. The maximum atomic E-state index is 12.5. The van der Waals surface area contributed by atoms with E-state index in [1.54, 1.807) is 30.3 Å². The van der Waals surface area contributed by atoms with E-state index in [9.17, 15) is 4.79 Å². The maximum absolute atomic E-state index is 12.5. The number of amides is 1. The average molecular weight is 367 g/mol. The number of carbonyl (C=O) groups excluding carboxylic acids is 1. The molecule has 0 unspecified atom stereocenters. The molecule has 0 aliphatic carbocycles. The van der Waals surface area contributed by atoms with Crippen LogP contribution in [-0.4, -0.2) is 15.9 Å². The highest BCUT2D eigenvalue weighted by molar-refractivity contribution is 6.30. The molecule has 132 valence electrons. The Hall–Kier alpha value is -2.92. The maximum Gasteiger partial charge on any atom is 0.274 e. The molecular formula is C20H19ClN4O. The molecule has 0 bridgehead atoms. The summed E-state index contributed by atoms with van der Waals surface area (Å²) in [4.78, 5) is 21.2. The van der Waals surface area contributed by atoms with E-state index in [0.717, 1.165) is 5.56 Å². The molecule has 1 amide bonds. The molecular weight excluding hydrogens is 348 g/mol. The van der Waals surface area contributed by atoms with Crippen molar-refractivity contribution in [1.29, 1.82) is 0 Å². The summed E-state index contributed by atoms with van der Waals surface area (Å²) in [5, 5.41) is 6.54.